The fourth-order valence-electron chi connectivity index (χ4n) is 3.13. The summed E-state index contributed by atoms with van der Waals surface area (Å²) in [6.07, 6.45) is 1.14. The Morgan fingerprint density at radius 2 is 1.88 bits per heavy atom. The molecule has 0 radical (unpaired) electrons. The highest BCUT2D eigenvalue weighted by molar-refractivity contribution is 5.40. The van der Waals surface area contributed by atoms with Gasteiger partial charge in [0, 0.05) is 50.8 Å². The molecule has 1 saturated heterocycles. The van der Waals surface area contributed by atoms with E-state index in [-0.39, 0.29) is 6.04 Å². The van der Waals surface area contributed by atoms with Gasteiger partial charge in [-0.15, -0.1) is 0 Å². The van der Waals surface area contributed by atoms with Crippen molar-refractivity contribution in [2.24, 2.45) is 0 Å². The molecule has 0 aliphatic carbocycles. The summed E-state index contributed by atoms with van der Waals surface area (Å²) in [6.45, 7) is 5.45. The average Bonchev–Trinajstić information content (AvgIpc) is 2.87. The van der Waals surface area contributed by atoms with Gasteiger partial charge in [0.05, 0.1) is 5.56 Å². The van der Waals surface area contributed by atoms with Crippen molar-refractivity contribution in [3.05, 3.63) is 54.0 Å². The molecule has 25 heavy (non-hydrogen) atoms. The van der Waals surface area contributed by atoms with Crippen LogP contribution in [0.15, 0.2) is 42.9 Å². The van der Waals surface area contributed by atoms with E-state index < -0.39 is 11.7 Å². The highest BCUT2D eigenvalue weighted by atomic mass is 19.4. The van der Waals surface area contributed by atoms with E-state index in [0.717, 1.165) is 44.9 Å². The van der Waals surface area contributed by atoms with E-state index in [1.807, 2.05) is 12.3 Å². The van der Waals surface area contributed by atoms with Crippen LogP contribution in [0.5, 0.6) is 0 Å². The number of hydrogen-bond acceptors (Lipinski definition) is 4. The SMILES string of the molecule is C[C@H](c1cccnc1)N1CCCN(c2ccc(C(F)(F)F)cn2)CC1. The Kier molecular flexibility index (Phi) is 5.22. The predicted octanol–water partition coefficient (Wildman–Crippen LogP) is 3.77. The zero-order valence-corrected chi connectivity index (χ0v) is 14.1. The highest BCUT2D eigenvalue weighted by Crippen LogP contribution is 2.29. The van der Waals surface area contributed by atoms with Crippen LogP contribution in [0.3, 0.4) is 0 Å². The predicted molar refractivity (Wildman–Crippen MR) is 90.3 cm³/mol. The van der Waals surface area contributed by atoms with Crippen LogP contribution in [-0.2, 0) is 6.18 Å². The van der Waals surface area contributed by atoms with E-state index in [1.165, 1.54) is 11.6 Å². The van der Waals surface area contributed by atoms with E-state index in [0.29, 0.717) is 5.82 Å². The Labute approximate surface area is 145 Å². The van der Waals surface area contributed by atoms with Crippen LogP contribution in [0.2, 0.25) is 0 Å². The fourth-order valence-corrected chi connectivity index (χ4v) is 3.13. The van der Waals surface area contributed by atoms with Crippen molar-refractivity contribution in [1.82, 2.24) is 14.9 Å². The van der Waals surface area contributed by atoms with Gasteiger partial charge in [-0.2, -0.15) is 13.2 Å². The van der Waals surface area contributed by atoms with Crippen molar-refractivity contribution >= 4 is 5.82 Å². The van der Waals surface area contributed by atoms with Crippen LogP contribution in [-0.4, -0.2) is 41.0 Å². The second kappa shape index (κ2) is 7.39. The molecule has 0 spiro atoms. The molecule has 0 bridgehead atoms. The molecule has 2 aromatic heterocycles. The van der Waals surface area contributed by atoms with Crippen LogP contribution in [0.25, 0.3) is 0 Å². The molecule has 3 heterocycles. The van der Waals surface area contributed by atoms with Gasteiger partial charge in [-0.3, -0.25) is 9.88 Å². The van der Waals surface area contributed by atoms with Crippen LogP contribution in [0.4, 0.5) is 19.0 Å². The Bertz CT molecular complexity index is 673. The van der Waals surface area contributed by atoms with Crippen molar-refractivity contribution in [2.75, 3.05) is 31.1 Å². The summed E-state index contributed by atoms with van der Waals surface area (Å²) in [5, 5.41) is 0. The van der Waals surface area contributed by atoms with Gasteiger partial charge in [-0.05, 0) is 37.1 Å². The lowest BCUT2D eigenvalue weighted by Gasteiger charge is -2.28. The number of nitrogens with zero attached hydrogens (tertiary/aromatic N) is 4. The minimum absolute atomic E-state index is 0.259. The second-order valence-corrected chi connectivity index (χ2v) is 6.24. The average molecular weight is 350 g/mol. The molecular weight excluding hydrogens is 329 g/mol. The summed E-state index contributed by atoms with van der Waals surface area (Å²) in [7, 11) is 0. The number of hydrogen-bond donors (Lipinski definition) is 0. The van der Waals surface area contributed by atoms with Gasteiger partial charge in [0.15, 0.2) is 0 Å². The van der Waals surface area contributed by atoms with Crippen molar-refractivity contribution in [1.29, 1.82) is 0 Å². The van der Waals surface area contributed by atoms with E-state index >= 15 is 0 Å². The molecule has 134 valence electrons. The first-order valence-electron chi connectivity index (χ1n) is 8.37. The molecule has 1 atom stereocenters. The summed E-state index contributed by atoms with van der Waals surface area (Å²) in [5.74, 6) is 0.601. The molecule has 3 rings (SSSR count). The van der Waals surface area contributed by atoms with E-state index in [4.69, 9.17) is 0 Å². The zero-order valence-electron chi connectivity index (χ0n) is 14.1. The first-order chi connectivity index (χ1) is 11.9. The van der Waals surface area contributed by atoms with Crippen LogP contribution in [0.1, 0.15) is 30.5 Å². The van der Waals surface area contributed by atoms with Gasteiger partial charge in [0.25, 0.3) is 0 Å². The van der Waals surface area contributed by atoms with Gasteiger partial charge < -0.3 is 4.90 Å². The fraction of sp³-hybridized carbons (Fsp3) is 0.444. The van der Waals surface area contributed by atoms with Crippen molar-refractivity contribution in [2.45, 2.75) is 25.6 Å². The van der Waals surface area contributed by atoms with E-state index in [1.54, 1.807) is 6.20 Å². The van der Waals surface area contributed by atoms with Crippen LogP contribution in [0, 0.1) is 0 Å². The molecule has 7 heteroatoms. The lowest BCUT2D eigenvalue weighted by Crippen LogP contribution is -2.32. The second-order valence-electron chi connectivity index (χ2n) is 6.24. The van der Waals surface area contributed by atoms with Crippen molar-refractivity contribution < 1.29 is 13.2 Å². The number of halogens is 3. The number of rotatable bonds is 3. The summed E-state index contributed by atoms with van der Waals surface area (Å²) in [6, 6.07) is 6.82. The molecule has 0 saturated carbocycles. The minimum Gasteiger partial charge on any atom is -0.355 e. The third-order valence-corrected chi connectivity index (χ3v) is 4.64. The topological polar surface area (TPSA) is 32.3 Å². The number of aromatic nitrogens is 2. The molecule has 0 amide bonds. The molecule has 0 aromatic carbocycles. The van der Waals surface area contributed by atoms with Gasteiger partial charge >= 0.3 is 6.18 Å². The maximum atomic E-state index is 12.7. The third kappa shape index (κ3) is 4.28. The Balaban J connectivity index is 1.65. The minimum atomic E-state index is -4.35. The van der Waals surface area contributed by atoms with E-state index in [9.17, 15) is 13.2 Å². The third-order valence-electron chi connectivity index (χ3n) is 4.64. The van der Waals surface area contributed by atoms with Gasteiger partial charge in [0.1, 0.15) is 5.82 Å². The largest absolute Gasteiger partial charge is 0.417 e. The molecule has 0 N–H and O–H groups in total. The summed E-state index contributed by atoms with van der Waals surface area (Å²) in [4.78, 5) is 12.6. The summed E-state index contributed by atoms with van der Waals surface area (Å²) >= 11 is 0. The molecule has 4 nitrogen and oxygen atoms in total. The zero-order chi connectivity index (χ0) is 17.9. The Morgan fingerprint density at radius 1 is 1.04 bits per heavy atom. The maximum Gasteiger partial charge on any atom is 0.417 e. The first-order valence-corrected chi connectivity index (χ1v) is 8.37. The van der Waals surface area contributed by atoms with Gasteiger partial charge in [-0.25, -0.2) is 4.98 Å². The monoisotopic (exact) mass is 350 g/mol. The van der Waals surface area contributed by atoms with Crippen molar-refractivity contribution in [3.8, 4) is 0 Å². The highest BCUT2D eigenvalue weighted by Gasteiger charge is 2.31. The molecule has 1 aliphatic rings. The summed E-state index contributed by atoms with van der Waals surface area (Å²) in [5.41, 5.74) is 0.460. The maximum absolute atomic E-state index is 12.7. The van der Waals surface area contributed by atoms with Gasteiger partial charge in [-0.1, -0.05) is 6.07 Å². The molecule has 1 fully saturated rings. The number of pyridine rings is 2. The summed E-state index contributed by atoms with van der Waals surface area (Å²) < 4.78 is 38.0. The number of alkyl halides is 3. The molecule has 1 aliphatic heterocycles. The van der Waals surface area contributed by atoms with Crippen LogP contribution < -0.4 is 4.90 Å². The van der Waals surface area contributed by atoms with Gasteiger partial charge in [0.2, 0.25) is 0 Å². The van der Waals surface area contributed by atoms with Crippen molar-refractivity contribution in [3.63, 3.8) is 0 Å². The quantitative estimate of drug-likeness (QED) is 0.844. The molecular formula is C18H21F3N4. The first kappa shape index (κ1) is 17.7. The Morgan fingerprint density at radius 3 is 2.52 bits per heavy atom. The molecule has 2 aromatic rings. The molecule has 0 unspecified atom stereocenters. The van der Waals surface area contributed by atoms with Crippen LogP contribution >= 0.6 is 0 Å². The lowest BCUT2D eigenvalue weighted by molar-refractivity contribution is -0.137. The normalized spacial score (nSPS) is 18.0. The Hall–Kier alpha value is -2.15. The van der Waals surface area contributed by atoms with E-state index in [2.05, 4.69) is 32.8 Å². The smallest absolute Gasteiger partial charge is 0.355 e. The lowest BCUT2D eigenvalue weighted by atomic mass is 10.1. The number of anilines is 1. The standard InChI is InChI=1S/C18H21F3N4/c1-14(15-4-2-7-22-12-15)24-8-3-9-25(11-10-24)17-6-5-16(13-23-17)18(19,20)21/h2,4-7,12-14H,3,8-11H2,1H3/t14-/m1/s1.